The number of rotatable bonds is 11. The Morgan fingerprint density at radius 2 is 1.76 bits per heavy atom. The van der Waals surface area contributed by atoms with E-state index < -0.39 is 66.4 Å². The number of unbranched alkanes of at least 4 members (excludes halogenated alkanes) is 4. The molecule has 0 amide bonds. The highest BCUT2D eigenvalue weighted by molar-refractivity contribution is 5.83. The highest BCUT2D eigenvalue weighted by Gasteiger charge is 2.57. The molecule has 3 N–H and O–H groups in total. The van der Waals surface area contributed by atoms with Crippen molar-refractivity contribution in [3.8, 4) is 0 Å². The molecule has 0 saturated carbocycles. The van der Waals surface area contributed by atoms with Gasteiger partial charge in [-0.1, -0.05) is 58.6 Å². The third-order valence-electron chi connectivity index (χ3n) is 9.55. The Morgan fingerprint density at radius 3 is 2.47 bits per heavy atom. The van der Waals surface area contributed by atoms with Crippen LogP contribution >= 0.6 is 0 Å². The van der Waals surface area contributed by atoms with Gasteiger partial charge in [-0.3, -0.25) is 9.59 Å². The van der Waals surface area contributed by atoms with E-state index in [1.165, 1.54) is 13.2 Å². The number of hydrogen-bond donors (Lipinski definition) is 3. The van der Waals surface area contributed by atoms with Gasteiger partial charge in [0.1, 0.15) is 6.10 Å². The van der Waals surface area contributed by atoms with Crippen LogP contribution in [-0.2, 0) is 47.5 Å². The number of aliphatic hydroxyl groups excluding tert-OH is 2. The molecule has 0 aromatic rings. The summed E-state index contributed by atoms with van der Waals surface area (Å²) in [7, 11) is 1.21. The van der Waals surface area contributed by atoms with Crippen LogP contribution < -0.4 is 0 Å². The van der Waals surface area contributed by atoms with E-state index in [4.69, 9.17) is 33.2 Å². The number of fused-ring (bicyclic) bond motifs is 4. The average Bonchev–Trinajstić information content (AvgIpc) is 3.08. The number of aliphatic hydroxyl groups is 3. The van der Waals surface area contributed by atoms with Crippen LogP contribution in [0.25, 0.3) is 0 Å². The van der Waals surface area contributed by atoms with Gasteiger partial charge in [-0.25, -0.2) is 4.79 Å². The Bertz CT molecular complexity index is 1180. The lowest BCUT2D eigenvalue weighted by molar-refractivity contribution is -0.327. The zero-order valence-corrected chi connectivity index (χ0v) is 30.8. The van der Waals surface area contributed by atoms with Crippen molar-refractivity contribution in [3.63, 3.8) is 0 Å². The monoisotopic (exact) mass is 724 g/mol. The molecule has 3 aliphatic rings. The molecule has 0 aromatic carbocycles. The number of carbonyl (C=O) groups is 3. The average molecular weight is 725 g/mol. The maximum atomic E-state index is 13.3. The van der Waals surface area contributed by atoms with Crippen LogP contribution in [0.15, 0.2) is 36.5 Å². The molecule has 13 heteroatoms. The molecule has 3 rings (SSSR count). The third-order valence-corrected chi connectivity index (χ3v) is 9.55. The van der Waals surface area contributed by atoms with Crippen molar-refractivity contribution in [1.29, 1.82) is 0 Å². The highest BCUT2D eigenvalue weighted by Crippen LogP contribution is 2.47. The van der Waals surface area contributed by atoms with E-state index in [1.807, 2.05) is 0 Å². The molecule has 3 aliphatic heterocycles. The molecule has 0 radical (unpaired) electrons. The lowest BCUT2D eigenvalue weighted by Gasteiger charge is -2.51. The molecule has 3 heterocycles. The SMILES string of the molecule is C=CC[C@H]1C[C@H]2CCOCC[C@@H](O)CC(=O)O[C@@H](CO)C[C@@H]3CC(=CC(=O)OC)[C@H](OC(=O)CCCCCCC)[C@@](O)(O3)C(C)(C)C=C[C@H](O2)O1. The lowest BCUT2D eigenvalue weighted by atomic mass is 9.74. The predicted molar refractivity (Wildman–Crippen MR) is 186 cm³/mol. The predicted octanol–water partition coefficient (Wildman–Crippen LogP) is 4.35. The first-order valence-electron chi connectivity index (χ1n) is 18.4. The zero-order chi connectivity index (χ0) is 37.4. The minimum absolute atomic E-state index is 0.0145. The van der Waals surface area contributed by atoms with Crippen molar-refractivity contribution in [2.75, 3.05) is 26.9 Å². The quantitative estimate of drug-likeness (QED) is 0.0902. The van der Waals surface area contributed by atoms with Crippen molar-refractivity contribution < 1.29 is 62.9 Å². The Labute approximate surface area is 302 Å². The minimum Gasteiger partial charge on any atom is -0.466 e. The molecular weight excluding hydrogens is 664 g/mol. The summed E-state index contributed by atoms with van der Waals surface area (Å²) in [6.45, 7) is 9.35. The van der Waals surface area contributed by atoms with Gasteiger partial charge in [0.05, 0.1) is 44.6 Å². The van der Waals surface area contributed by atoms with Crippen LogP contribution in [0.2, 0.25) is 0 Å². The van der Waals surface area contributed by atoms with Gasteiger partial charge in [-0.05, 0) is 43.8 Å². The Hall–Kier alpha value is -2.65. The normalized spacial score (nSPS) is 33.1. The highest BCUT2D eigenvalue weighted by atomic mass is 16.7. The summed E-state index contributed by atoms with van der Waals surface area (Å²) in [5.41, 5.74) is -1.08. The summed E-state index contributed by atoms with van der Waals surface area (Å²) < 4.78 is 41.0. The Kier molecular flexibility index (Phi) is 17.7. The van der Waals surface area contributed by atoms with Crippen molar-refractivity contribution in [2.24, 2.45) is 5.41 Å². The van der Waals surface area contributed by atoms with E-state index in [0.29, 0.717) is 32.3 Å². The Balaban J connectivity index is 2.04. The van der Waals surface area contributed by atoms with Crippen LogP contribution in [0.1, 0.15) is 104 Å². The van der Waals surface area contributed by atoms with E-state index in [9.17, 15) is 29.7 Å². The molecule has 2 saturated heterocycles. The second-order valence-electron chi connectivity index (χ2n) is 14.2. The Morgan fingerprint density at radius 1 is 1.04 bits per heavy atom. The fourth-order valence-electron chi connectivity index (χ4n) is 6.55. The smallest absolute Gasteiger partial charge is 0.330 e. The number of methoxy groups -OCH3 is 1. The lowest BCUT2D eigenvalue weighted by Crippen LogP contribution is -2.62. The molecule has 0 aromatic heterocycles. The van der Waals surface area contributed by atoms with Gasteiger partial charge < -0.3 is 48.5 Å². The van der Waals surface area contributed by atoms with Gasteiger partial charge in [0.15, 0.2) is 12.4 Å². The fourth-order valence-corrected chi connectivity index (χ4v) is 6.55. The molecule has 0 unspecified atom stereocenters. The third kappa shape index (κ3) is 13.4. The largest absolute Gasteiger partial charge is 0.466 e. The summed E-state index contributed by atoms with van der Waals surface area (Å²) in [5.74, 6) is -4.29. The van der Waals surface area contributed by atoms with Gasteiger partial charge in [-0.15, -0.1) is 6.58 Å². The number of hydrogen-bond acceptors (Lipinski definition) is 13. The number of carbonyl (C=O) groups excluding carboxylic acids is 3. The molecule has 0 spiro atoms. The molecule has 51 heavy (non-hydrogen) atoms. The zero-order valence-electron chi connectivity index (χ0n) is 30.8. The van der Waals surface area contributed by atoms with Crippen molar-refractivity contribution in [2.45, 2.75) is 153 Å². The summed E-state index contributed by atoms with van der Waals surface area (Å²) in [4.78, 5) is 38.7. The van der Waals surface area contributed by atoms with Crippen LogP contribution in [0.4, 0.5) is 0 Å². The van der Waals surface area contributed by atoms with Crippen LogP contribution in [0, 0.1) is 5.41 Å². The number of ether oxygens (including phenoxy) is 7. The summed E-state index contributed by atoms with van der Waals surface area (Å²) in [5, 5.41) is 33.3. The molecular formula is C38H60O13. The number of esters is 3. The van der Waals surface area contributed by atoms with E-state index in [-0.39, 0.29) is 56.5 Å². The van der Waals surface area contributed by atoms with Gasteiger partial charge in [0, 0.05) is 44.0 Å². The summed E-state index contributed by atoms with van der Waals surface area (Å²) in [6.07, 6.45) is 6.85. The first-order chi connectivity index (χ1) is 24.3. The molecule has 8 atom stereocenters. The van der Waals surface area contributed by atoms with Crippen molar-refractivity contribution >= 4 is 17.9 Å². The van der Waals surface area contributed by atoms with Crippen molar-refractivity contribution in [3.05, 3.63) is 36.5 Å². The van der Waals surface area contributed by atoms with Crippen LogP contribution in [-0.4, -0.2) is 109 Å². The standard InChI is InChI=1S/C38H60O13/c1-6-8-9-10-11-13-32(41)50-36-26(21-33(42)45-5)20-30-24-31(25-39)47-34(43)22-27(40)15-18-46-19-16-29-23-28(12-7-2)48-35(49-29)14-17-37(3,4)38(36,44)51-30/h7,14,17,21,27-31,35-36,39-40,44H,2,6,8-13,15-16,18-20,22-25H2,1,3-5H3/t27-,28+,29-,30+,31-,35+,36+,38-/m1/s1. The summed E-state index contributed by atoms with van der Waals surface area (Å²) >= 11 is 0. The van der Waals surface area contributed by atoms with Crippen LogP contribution in [0.3, 0.4) is 0 Å². The second kappa shape index (κ2) is 21.2. The van der Waals surface area contributed by atoms with Gasteiger partial charge in [0.25, 0.3) is 0 Å². The maximum absolute atomic E-state index is 13.3. The van der Waals surface area contributed by atoms with Crippen molar-refractivity contribution in [1.82, 2.24) is 0 Å². The van der Waals surface area contributed by atoms with Gasteiger partial charge in [0.2, 0.25) is 5.79 Å². The van der Waals surface area contributed by atoms with E-state index >= 15 is 0 Å². The number of cyclic esters (lactones) is 1. The molecule has 290 valence electrons. The fraction of sp³-hybridized carbons (Fsp3) is 0.763. The van der Waals surface area contributed by atoms with E-state index in [0.717, 1.165) is 25.7 Å². The second-order valence-corrected chi connectivity index (χ2v) is 14.2. The first kappa shape index (κ1) is 42.8. The molecule has 13 nitrogen and oxygen atoms in total. The van der Waals surface area contributed by atoms with E-state index in [1.54, 1.807) is 32.1 Å². The topological polar surface area (TPSA) is 177 Å². The minimum atomic E-state index is -2.27. The van der Waals surface area contributed by atoms with Gasteiger partial charge >= 0.3 is 17.9 Å². The molecule has 0 aliphatic carbocycles. The maximum Gasteiger partial charge on any atom is 0.330 e. The molecule has 2 fully saturated rings. The van der Waals surface area contributed by atoms with E-state index in [2.05, 4.69) is 13.5 Å². The van der Waals surface area contributed by atoms with Gasteiger partial charge in [-0.2, -0.15) is 0 Å². The first-order valence-corrected chi connectivity index (χ1v) is 18.4. The summed E-state index contributed by atoms with van der Waals surface area (Å²) in [6, 6.07) is 0. The molecule has 4 bridgehead atoms. The van der Waals surface area contributed by atoms with Crippen LogP contribution in [0.5, 0.6) is 0 Å².